The molecule has 0 bridgehead atoms. The van der Waals surface area contributed by atoms with Crippen LogP contribution < -0.4 is 10.9 Å². The number of hydrogen-bond donors (Lipinski definition) is 1. The van der Waals surface area contributed by atoms with Crippen LogP contribution in [0, 0.1) is 0 Å². The van der Waals surface area contributed by atoms with E-state index in [-0.39, 0.29) is 17.8 Å². The number of rotatable bonds is 7. The van der Waals surface area contributed by atoms with Crippen LogP contribution in [0.4, 0.5) is 13.2 Å². The van der Waals surface area contributed by atoms with Gasteiger partial charge in [0.1, 0.15) is 11.7 Å². The fraction of sp³-hybridized carbons (Fsp3) is 0.368. The van der Waals surface area contributed by atoms with E-state index in [1.807, 2.05) is 6.92 Å². The van der Waals surface area contributed by atoms with E-state index < -0.39 is 17.3 Å². The lowest BCUT2D eigenvalue weighted by atomic mass is 10.1. The van der Waals surface area contributed by atoms with Gasteiger partial charge in [-0.1, -0.05) is 19.1 Å². The van der Waals surface area contributed by atoms with E-state index in [4.69, 9.17) is 0 Å². The Hall–Kier alpha value is -3.17. The SMILES string of the molecule is CCCC(=O)NCCn1ncc2c(=O)n(Cc3cccc(C(F)(F)F)c3)cnc21. The average molecular weight is 407 g/mol. The summed E-state index contributed by atoms with van der Waals surface area (Å²) in [6, 6.07) is 4.82. The molecule has 0 saturated heterocycles. The normalized spacial score (nSPS) is 11.7. The van der Waals surface area contributed by atoms with Crippen LogP contribution in [0.5, 0.6) is 0 Å². The van der Waals surface area contributed by atoms with Crippen molar-refractivity contribution in [3.05, 3.63) is 58.3 Å². The van der Waals surface area contributed by atoms with E-state index in [1.165, 1.54) is 33.9 Å². The van der Waals surface area contributed by atoms with Crippen LogP contribution in [-0.4, -0.2) is 31.8 Å². The van der Waals surface area contributed by atoms with E-state index in [0.29, 0.717) is 30.7 Å². The van der Waals surface area contributed by atoms with Gasteiger partial charge in [0.15, 0.2) is 5.65 Å². The van der Waals surface area contributed by atoms with Crippen LogP contribution >= 0.6 is 0 Å². The minimum atomic E-state index is -4.45. The standard InChI is InChI=1S/C19H20F3N5O2/c1-2-4-16(28)23-7-8-27-17-15(10-25-27)18(29)26(12-24-17)11-13-5-3-6-14(9-13)19(20,21)22/h3,5-6,9-10,12H,2,4,7-8,11H2,1H3,(H,23,28). The number of fused-ring (bicyclic) bond motifs is 1. The van der Waals surface area contributed by atoms with E-state index in [0.717, 1.165) is 18.6 Å². The molecule has 2 heterocycles. The predicted octanol–water partition coefficient (Wildman–Crippen LogP) is 2.58. The highest BCUT2D eigenvalue weighted by Crippen LogP contribution is 2.29. The Balaban J connectivity index is 1.78. The molecule has 3 rings (SSSR count). The summed E-state index contributed by atoms with van der Waals surface area (Å²) in [7, 11) is 0. The first-order valence-electron chi connectivity index (χ1n) is 9.13. The first kappa shape index (κ1) is 20.6. The second kappa shape index (κ2) is 8.46. The molecule has 7 nitrogen and oxygen atoms in total. The molecule has 0 fully saturated rings. The van der Waals surface area contributed by atoms with Gasteiger partial charge in [-0.25, -0.2) is 9.67 Å². The first-order valence-corrected chi connectivity index (χ1v) is 9.13. The average Bonchev–Trinajstić information content (AvgIpc) is 3.08. The molecule has 0 aliphatic heterocycles. The molecule has 0 spiro atoms. The highest BCUT2D eigenvalue weighted by molar-refractivity contribution is 5.76. The van der Waals surface area contributed by atoms with Crippen LogP contribution in [0.3, 0.4) is 0 Å². The summed E-state index contributed by atoms with van der Waals surface area (Å²) in [5.74, 6) is -0.0552. The molecule has 0 aliphatic carbocycles. The first-order chi connectivity index (χ1) is 13.8. The maximum absolute atomic E-state index is 12.9. The molecule has 1 N–H and O–H groups in total. The Morgan fingerprint density at radius 2 is 2.07 bits per heavy atom. The van der Waals surface area contributed by atoms with Crippen molar-refractivity contribution >= 4 is 16.9 Å². The van der Waals surface area contributed by atoms with Crippen LogP contribution in [0.2, 0.25) is 0 Å². The van der Waals surface area contributed by atoms with Gasteiger partial charge in [0.2, 0.25) is 5.91 Å². The highest BCUT2D eigenvalue weighted by Gasteiger charge is 2.30. The molecule has 0 aliphatic rings. The second-order valence-corrected chi connectivity index (χ2v) is 6.58. The summed E-state index contributed by atoms with van der Waals surface area (Å²) in [5, 5.41) is 7.16. The molecule has 29 heavy (non-hydrogen) atoms. The Labute approximate surface area is 164 Å². The van der Waals surface area contributed by atoms with Crippen LogP contribution in [0.15, 0.2) is 41.6 Å². The molecule has 0 unspecified atom stereocenters. The lowest BCUT2D eigenvalue weighted by Gasteiger charge is -2.10. The summed E-state index contributed by atoms with van der Waals surface area (Å²) in [4.78, 5) is 28.4. The number of benzene rings is 1. The van der Waals surface area contributed by atoms with Gasteiger partial charge >= 0.3 is 6.18 Å². The summed E-state index contributed by atoms with van der Waals surface area (Å²) in [6.45, 7) is 2.58. The van der Waals surface area contributed by atoms with Gasteiger partial charge in [0.05, 0.1) is 24.8 Å². The number of carbonyl (C=O) groups excluding carboxylic acids is 1. The largest absolute Gasteiger partial charge is 0.416 e. The van der Waals surface area contributed by atoms with Crippen molar-refractivity contribution < 1.29 is 18.0 Å². The second-order valence-electron chi connectivity index (χ2n) is 6.58. The van der Waals surface area contributed by atoms with Crippen molar-refractivity contribution in [3.63, 3.8) is 0 Å². The number of halogens is 3. The summed E-state index contributed by atoms with van der Waals surface area (Å²) >= 11 is 0. The third-order valence-electron chi connectivity index (χ3n) is 4.35. The van der Waals surface area contributed by atoms with Crippen molar-refractivity contribution in [2.45, 2.75) is 39.0 Å². The summed E-state index contributed by atoms with van der Waals surface area (Å²) < 4.78 is 41.4. The molecule has 1 amide bonds. The fourth-order valence-corrected chi connectivity index (χ4v) is 2.93. The number of hydrogen-bond acceptors (Lipinski definition) is 4. The lowest BCUT2D eigenvalue weighted by molar-refractivity contribution is -0.137. The van der Waals surface area contributed by atoms with Crippen molar-refractivity contribution in [3.8, 4) is 0 Å². The number of aromatic nitrogens is 4. The molecule has 0 radical (unpaired) electrons. The van der Waals surface area contributed by atoms with Crippen molar-refractivity contribution in [2.75, 3.05) is 6.54 Å². The molecule has 154 valence electrons. The molecule has 1 aromatic carbocycles. The predicted molar refractivity (Wildman–Crippen MR) is 100 cm³/mol. The quantitative estimate of drug-likeness (QED) is 0.653. The van der Waals surface area contributed by atoms with E-state index in [9.17, 15) is 22.8 Å². The number of nitrogens with zero attached hydrogens (tertiary/aromatic N) is 4. The zero-order valence-corrected chi connectivity index (χ0v) is 15.7. The van der Waals surface area contributed by atoms with Gasteiger partial charge in [0, 0.05) is 13.0 Å². The van der Waals surface area contributed by atoms with Crippen LogP contribution in [-0.2, 0) is 24.1 Å². The minimum Gasteiger partial charge on any atom is -0.354 e. The minimum absolute atomic E-state index is 0.0377. The Bertz CT molecular complexity index is 1070. The summed E-state index contributed by atoms with van der Waals surface area (Å²) in [6.07, 6.45) is -0.585. The van der Waals surface area contributed by atoms with E-state index in [2.05, 4.69) is 15.4 Å². The van der Waals surface area contributed by atoms with E-state index in [1.54, 1.807) is 0 Å². The third-order valence-corrected chi connectivity index (χ3v) is 4.35. The van der Waals surface area contributed by atoms with Crippen molar-refractivity contribution in [2.24, 2.45) is 0 Å². The Kier molecular flexibility index (Phi) is 6.00. The van der Waals surface area contributed by atoms with Crippen molar-refractivity contribution in [1.29, 1.82) is 0 Å². The topological polar surface area (TPSA) is 81.8 Å². The number of alkyl halides is 3. The van der Waals surface area contributed by atoms with Gasteiger partial charge < -0.3 is 5.32 Å². The van der Waals surface area contributed by atoms with Gasteiger partial charge in [-0.3, -0.25) is 14.2 Å². The van der Waals surface area contributed by atoms with Crippen LogP contribution in [0.1, 0.15) is 30.9 Å². The zero-order chi connectivity index (χ0) is 21.0. The maximum Gasteiger partial charge on any atom is 0.416 e. The summed E-state index contributed by atoms with van der Waals surface area (Å²) in [5.41, 5.74) is -0.460. The van der Waals surface area contributed by atoms with Gasteiger partial charge in [-0.05, 0) is 24.1 Å². The monoisotopic (exact) mass is 407 g/mol. The fourth-order valence-electron chi connectivity index (χ4n) is 2.93. The van der Waals surface area contributed by atoms with Gasteiger partial charge in [-0.15, -0.1) is 0 Å². The number of amides is 1. The lowest BCUT2D eigenvalue weighted by Crippen LogP contribution is -2.27. The molecule has 2 aromatic heterocycles. The molecular weight excluding hydrogens is 387 g/mol. The highest BCUT2D eigenvalue weighted by atomic mass is 19.4. The molecular formula is C19H20F3N5O2. The van der Waals surface area contributed by atoms with Crippen molar-refractivity contribution in [1.82, 2.24) is 24.6 Å². The van der Waals surface area contributed by atoms with E-state index >= 15 is 0 Å². The van der Waals surface area contributed by atoms with Gasteiger partial charge in [0.25, 0.3) is 5.56 Å². The van der Waals surface area contributed by atoms with Gasteiger partial charge in [-0.2, -0.15) is 18.3 Å². The van der Waals surface area contributed by atoms with Crippen LogP contribution in [0.25, 0.3) is 11.0 Å². The number of carbonyl (C=O) groups is 1. The third kappa shape index (κ3) is 4.82. The zero-order valence-electron chi connectivity index (χ0n) is 15.7. The molecule has 3 aromatic rings. The molecule has 0 atom stereocenters. The smallest absolute Gasteiger partial charge is 0.354 e. The molecule has 10 heteroatoms. The Morgan fingerprint density at radius 3 is 2.79 bits per heavy atom. The maximum atomic E-state index is 12.9. The molecule has 0 saturated carbocycles. The Morgan fingerprint density at radius 1 is 1.28 bits per heavy atom. The number of nitrogens with one attached hydrogen (secondary N) is 1.